The fourth-order valence-corrected chi connectivity index (χ4v) is 3.16. The van der Waals surface area contributed by atoms with Crippen LogP contribution in [0.25, 0.3) is 0 Å². The van der Waals surface area contributed by atoms with E-state index in [0.717, 1.165) is 16.0 Å². The number of carbonyl (C=O) groups excluding carboxylic acids is 3. The van der Waals surface area contributed by atoms with E-state index in [2.05, 4.69) is 0 Å². The van der Waals surface area contributed by atoms with E-state index in [4.69, 9.17) is 16.3 Å². The van der Waals surface area contributed by atoms with Gasteiger partial charge in [-0.25, -0.2) is 9.69 Å². The smallest absolute Gasteiger partial charge is 0.418 e. The molecule has 23 heavy (non-hydrogen) atoms. The van der Waals surface area contributed by atoms with Crippen molar-refractivity contribution in [2.45, 2.75) is 32.4 Å². The van der Waals surface area contributed by atoms with Crippen molar-refractivity contribution in [3.63, 3.8) is 0 Å². The Bertz CT molecular complexity index is 701. The highest BCUT2D eigenvalue weighted by atomic mass is 35.5. The molecule has 0 atom stereocenters. The Morgan fingerprint density at radius 2 is 2.09 bits per heavy atom. The topological polar surface area (TPSA) is 66.9 Å². The molecule has 1 saturated heterocycles. The second-order valence-corrected chi connectivity index (χ2v) is 6.62. The van der Waals surface area contributed by atoms with Crippen LogP contribution in [0.5, 0.6) is 0 Å². The van der Waals surface area contributed by atoms with E-state index in [0.29, 0.717) is 24.5 Å². The summed E-state index contributed by atoms with van der Waals surface area (Å²) in [6.45, 7) is 3.66. The van der Waals surface area contributed by atoms with Gasteiger partial charge in [0.15, 0.2) is 5.60 Å². The van der Waals surface area contributed by atoms with Crippen molar-refractivity contribution in [2.75, 3.05) is 13.1 Å². The lowest BCUT2D eigenvalue weighted by Crippen LogP contribution is -2.45. The minimum atomic E-state index is -1.21. The summed E-state index contributed by atoms with van der Waals surface area (Å²) >= 11 is 6.16. The standard InChI is InChI=1S/C16H17ClN2O4/c1-16(2)14(21)19(15(22)23-16)9-13(20)18-7-6-11-10(8-18)4-3-5-12(11)17/h3-5H,6-9H2,1-2H3. The van der Waals surface area contributed by atoms with Gasteiger partial charge >= 0.3 is 6.09 Å². The first-order chi connectivity index (χ1) is 10.8. The molecule has 2 aliphatic rings. The van der Waals surface area contributed by atoms with Gasteiger partial charge in [0.05, 0.1) is 0 Å². The summed E-state index contributed by atoms with van der Waals surface area (Å²) in [5.41, 5.74) is 0.836. The van der Waals surface area contributed by atoms with Gasteiger partial charge in [-0.3, -0.25) is 9.59 Å². The van der Waals surface area contributed by atoms with E-state index >= 15 is 0 Å². The summed E-state index contributed by atoms with van der Waals surface area (Å²) in [6, 6.07) is 5.61. The quantitative estimate of drug-likeness (QED) is 0.828. The fraction of sp³-hybridized carbons (Fsp3) is 0.438. The number of rotatable bonds is 2. The number of imide groups is 1. The summed E-state index contributed by atoms with van der Waals surface area (Å²) in [5.74, 6) is -0.769. The number of ether oxygens (including phenoxy) is 1. The first-order valence-corrected chi connectivity index (χ1v) is 7.76. The van der Waals surface area contributed by atoms with Crippen LogP contribution < -0.4 is 0 Å². The minimum Gasteiger partial charge on any atom is -0.433 e. The van der Waals surface area contributed by atoms with E-state index in [-0.39, 0.29) is 12.5 Å². The van der Waals surface area contributed by atoms with Crippen LogP contribution in [0.1, 0.15) is 25.0 Å². The molecule has 0 radical (unpaired) electrons. The van der Waals surface area contributed by atoms with Crippen LogP contribution >= 0.6 is 11.6 Å². The molecule has 3 amide bonds. The van der Waals surface area contributed by atoms with Crippen LogP contribution in [0.15, 0.2) is 18.2 Å². The molecule has 2 aliphatic heterocycles. The zero-order valence-corrected chi connectivity index (χ0v) is 13.7. The predicted molar refractivity (Wildman–Crippen MR) is 82.8 cm³/mol. The number of benzene rings is 1. The average molecular weight is 337 g/mol. The number of nitrogens with zero attached hydrogens (tertiary/aromatic N) is 2. The molecule has 122 valence electrons. The largest absolute Gasteiger partial charge is 0.433 e. The molecule has 0 spiro atoms. The van der Waals surface area contributed by atoms with Crippen molar-refractivity contribution in [3.05, 3.63) is 34.3 Å². The third-order valence-corrected chi connectivity index (χ3v) is 4.53. The summed E-state index contributed by atoms with van der Waals surface area (Å²) in [6.07, 6.45) is -0.112. The molecule has 7 heteroatoms. The Labute approximate surface area is 138 Å². The van der Waals surface area contributed by atoms with Gasteiger partial charge in [0.25, 0.3) is 5.91 Å². The van der Waals surface area contributed by atoms with E-state index in [1.165, 1.54) is 13.8 Å². The van der Waals surface area contributed by atoms with Crippen molar-refractivity contribution < 1.29 is 19.1 Å². The van der Waals surface area contributed by atoms with Gasteiger partial charge in [0, 0.05) is 18.1 Å². The zero-order valence-electron chi connectivity index (χ0n) is 13.0. The van der Waals surface area contributed by atoms with Crippen molar-refractivity contribution >= 4 is 29.5 Å². The summed E-state index contributed by atoms with van der Waals surface area (Å²) < 4.78 is 4.98. The molecule has 1 fully saturated rings. The highest BCUT2D eigenvalue weighted by molar-refractivity contribution is 6.31. The van der Waals surface area contributed by atoms with E-state index < -0.39 is 17.6 Å². The van der Waals surface area contributed by atoms with Crippen LogP contribution in [0.4, 0.5) is 4.79 Å². The fourth-order valence-electron chi connectivity index (χ4n) is 2.87. The molecular weight excluding hydrogens is 320 g/mol. The number of hydrogen-bond acceptors (Lipinski definition) is 4. The second kappa shape index (κ2) is 5.53. The Morgan fingerprint density at radius 1 is 1.35 bits per heavy atom. The van der Waals surface area contributed by atoms with Gasteiger partial charge in [0.1, 0.15) is 6.54 Å². The average Bonchev–Trinajstić information content (AvgIpc) is 2.69. The molecule has 3 rings (SSSR count). The number of fused-ring (bicyclic) bond motifs is 1. The van der Waals surface area contributed by atoms with Crippen LogP contribution in [-0.4, -0.2) is 46.4 Å². The van der Waals surface area contributed by atoms with Crippen molar-refractivity contribution in [1.82, 2.24) is 9.80 Å². The monoisotopic (exact) mass is 336 g/mol. The molecule has 0 aromatic heterocycles. The highest BCUT2D eigenvalue weighted by Gasteiger charge is 2.48. The Balaban J connectivity index is 1.71. The maximum atomic E-state index is 12.4. The molecule has 0 saturated carbocycles. The molecule has 0 unspecified atom stereocenters. The SMILES string of the molecule is CC1(C)OC(=O)N(CC(=O)N2CCc3c(Cl)cccc3C2)C1=O. The number of halogens is 1. The second-order valence-electron chi connectivity index (χ2n) is 6.21. The number of carbonyl (C=O) groups is 3. The Hall–Kier alpha value is -2.08. The Morgan fingerprint density at radius 3 is 2.74 bits per heavy atom. The van der Waals surface area contributed by atoms with Crippen molar-refractivity contribution in [2.24, 2.45) is 0 Å². The zero-order chi connectivity index (χ0) is 16.8. The van der Waals surface area contributed by atoms with Gasteiger partial charge in [-0.15, -0.1) is 0 Å². The van der Waals surface area contributed by atoms with E-state index in [9.17, 15) is 14.4 Å². The summed E-state index contributed by atoms with van der Waals surface area (Å²) in [4.78, 5) is 38.8. The van der Waals surface area contributed by atoms with Crippen LogP contribution in [-0.2, 0) is 27.3 Å². The van der Waals surface area contributed by atoms with E-state index in [1.54, 1.807) is 4.90 Å². The molecule has 0 N–H and O–H groups in total. The highest BCUT2D eigenvalue weighted by Crippen LogP contribution is 2.27. The van der Waals surface area contributed by atoms with Gasteiger partial charge in [-0.2, -0.15) is 0 Å². The lowest BCUT2D eigenvalue weighted by atomic mass is 9.99. The van der Waals surface area contributed by atoms with Gasteiger partial charge in [-0.1, -0.05) is 23.7 Å². The molecule has 0 bridgehead atoms. The molecule has 1 aromatic carbocycles. The minimum absolute atomic E-state index is 0.279. The molecule has 2 heterocycles. The molecule has 6 nitrogen and oxygen atoms in total. The van der Waals surface area contributed by atoms with Gasteiger partial charge in [-0.05, 0) is 37.5 Å². The first-order valence-electron chi connectivity index (χ1n) is 7.38. The molecule has 1 aromatic rings. The number of cyclic esters (lactones) is 1. The number of hydrogen-bond donors (Lipinski definition) is 0. The third kappa shape index (κ3) is 2.79. The van der Waals surface area contributed by atoms with Gasteiger partial charge < -0.3 is 9.64 Å². The maximum absolute atomic E-state index is 12.4. The first kappa shape index (κ1) is 15.8. The van der Waals surface area contributed by atoms with E-state index in [1.807, 2.05) is 18.2 Å². The van der Waals surface area contributed by atoms with Gasteiger partial charge in [0.2, 0.25) is 5.91 Å². The summed E-state index contributed by atoms with van der Waals surface area (Å²) in [5, 5.41) is 0.703. The molecular formula is C16H17ClN2O4. The normalized spacial score (nSPS) is 19.6. The van der Waals surface area contributed by atoms with Crippen LogP contribution in [0.3, 0.4) is 0 Å². The van der Waals surface area contributed by atoms with Crippen molar-refractivity contribution in [1.29, 1.82) is 0 Å². The predicted octanol–water partition coefficient (Wildman–Crippen LogP) is 1.98. The lowest BCUT2D eigenvalue weighted by molar-refractivity contribution is -0.140. The maximum Gasteiger partial charge on any atom is 0.418 e. The summed E-state index contributed by atoms with van der Waals surface area (Å²) in [7, 11) is 0. The lowest BCUT2D eigenvalue weighted by Gasteiger charge is -2.30. The number of amides is 3. The molecule has 0 aliphatic carbocycles. The van der Waals surface area contributed by atoms with Crippen LogP contribution in [0.2, 0.25) is 5.02 Å². The Kier molecular flexibility index (Phi) is 3.80. The van der Waals surface area contributed by atoms with Crippen LogP contribution in [0, 0.1) is 0 Å². The van der Waals surface area contributed by atoms with Crippen molar-refractivity contribution in [3.8, 4) is 0 Å². The third-order valence-electron chi connectivity index (χ3n) is 4.18.